The minimum atomic E-state index is -4.74. The van der Waals surface area contributed by atoms with Gasteiger partial charge in [0.2, 0.25) is 0 Å². The third-order valence-electron chi connectivity index (χ3n) is 3.07. The second-order valence-electron chi connectivity index (χ2n) is 5.84. The highest BCUT2D eigenvalue weighted by atomic mass is 19.4. The molecule has 1 aromatic rings. The first-order valence-electron chi connectivity index (χ1n) is 6.28. The molecule has 2 atom stereocenters. The van der Waals surface area contributed by atoms with Gasteiger partial charge in [0.1, 0.15) is 5.75 Å². The van der Waals surface area contributed by atoms with Gasteiger partial charge in [-0.05, 0) is 29.5 Å². The number of benzene rings is 1. The van der Waals surface area contributed by atoms with E-state index in [0.717, 1.165) is 0 Å². The van der Waals surface area contributed by atoms with Crippen LogP contribution in [0.5, 0.6) is 5.75 Å². The number of hydrogen-bond acceptors (Lipinski definition) is 3. The maximum absolute atomic E-state index is 12.1. The Hall–Kier alpha value is -1.27. The molecule has 0 fully saturated rings. The summed E-state index contributed by atoms with van der Waals surface area (Å²) in [5, 5.41) is 10.1. The highest BCUT2D eigenvalue weighted by molar-refractivity contribution is 5.30. The first kappa shape index (κ1) is 16.8. The third-order valence-corrected chi connectivity index (χ3v) is 3.07. The van der Waals surface area contributed by atoms with Crippen molar-refractivity contribution >= 4 is 0 Å². The van der Waals surface area contributed by atoms with Gasteiger partial charge in [0.25, 0.3) is 0 Å². The summed E-state index contributed by atoms with van der Waals surface area (Å²) in [6.45, 7) is 5.81. The minimum Gasteiger partial charge on any atom is -0.406 e. The Kier molecular flexibility index (Phi) is 5.05. The SMILES string of the molecule is CC(C)(C)[C@@H](N)C[C@@H](O)c1cccc(OC(F)(F)F)c1. The number of halogens is 3. The lowest BCUT2D eigenvalue weighted by Gasteiger charge is -2.29. The summed E-state index contributed by atoms with van der Waals surface area (Å²) < 4.78 is 40.2. The predicted octanol–water partition coefficient (Wildman–Crippen LogP) is 3.38. The Morgan fingerprint density at radius 2 is 1.85 bits per heavy atom. The zero-order valence-electron chi connectivity index (χ0n) is 11.7. The van der Waals surface area contributed by atoms with Crippen molar-refractivity contribution in [2.75, 3.05) is 0 Å². The van der Waals surface area contributed by atoms with E-state index in [1.807, 2.05) is 20.8 Å². The molecule has 0 aliphatic heterocycles. The van der Waals surface area contributed by atoms with Crippen LogP contribution in [0.1, 0.15) is 38.9 Å². The summed E-state index contributed by atoms with van der Waals surface area (Å²) in [7, 11) is 0. The van der Waals surface area contributed by atoms with Crippen LogP contribution in [0, 0.1) is 5.41 Å². The lowest BCUT2D eigenvalue weighted by Crippen LogP contribution is -2.36. The lowest BCUT2D eigenvalue weighted by molar-refractivity contribution is -0.274. The molecule has 0 bridgehead atoms. The number of aliphatic hydroxyl groups excluding tert-OH is 1. The van der Waals surface area contributed by atoms with Gasteiger partial charge in [-0.1, -0.05) is 32.9 Å². The Morgan fingerprint density at radius 1 is 1.25 bits per heavy atom. The van der Waals surface area contributed by atoms with E-state index in [1.165, 1.54) is 18.2 Å². The van der Waals surface area contributed by atoms with Crippen molar-refractivity contribution < 1.29 is 23.0 Å². The molecule has 0 radical (unpaired) electrons. The minimum absolute atomic E-state index is 0.193. The van der Waals surface area contributed by atoms with Crippen LogP contribution in [0.3, 0.4) is 0 Å². The van der Waals surface area contributed by atoms with Crippen molar-refractivity contribution in [2.24, 2.45) is 11.1 Å². The molecule has 1 rings (SSSR count). The number of nitrogens with two attached hydrogens (primary N) is 1. The molecule has 6 heteroatoms. The number of ether oxygens (including phenoxy) is 1. The molecule has 0 saturated carbocycles. The smallest absolute Gasteiger partial charge is 0.406 e. The fourth-order valence-corrected chi connectivity index (χ4v) is 1.65. The van der Waals surface area contributed by atoms with Gasteiger partial charge in [-0.25, -0.2) is 0 Å². The van der Waals surface area contributed by atoms with E-state index in [0.29, 0.717) is 5.56 Å². The molecule has 0 aliphatic rings. The molecule has 0 heterocycles. The monoisotopic (exact) mass is 291 g/mol. The van der Waals surface area contributed by atoms with Gasteiger partial charge in [0.15, 0.2) is 0 Å². The molecule has 114 valence electrons. The summed E-state index contributed by atoms with van der Waals surface area (Å²) >= 11 is 0. The highest BCUT2D eigenvalue weighted by Gasteiger charge is 2.31. The van der Waals surface area contributed by atoms with Crippen LogP contribution in [0.2, 0.25) is 0 Å². The van der Waals surface area contributed by atoms with Gasteiger partial charge < -0.3 is 15.6 Å². The Labute approximate surface area is 116 Å². The maximum Gasteiger partial charge on any atom is 0.573 e. The molecular formula is C14H20F3NO2. The van der Waals surface area contributed by atoms with Crippen LogP contribution in [0.15, 0.2) is 24.3 Å². The molecule has 0 aliphatic carbocycles. The molecule has 0 amide bonds. The molecule has 3 nitrogen and oxygen atoms in total. The van der Waals surface area contributed by atoms with E-state index >= 15 is 0 Å². The quantitative estimate of drug-likeness (QED) is 0.894. The van der Waals surface area contributed by atoms with E-state index in [4.69, 9.17) is 5.73 Å². The largest absolute Gasteiger partial charge is 0.573 e. The average molecular weight is 291 g/mol. The Balaban J connectivity index is 2.79. The van der Waals surface area contributed by atoms with E-state index < -0.39 is 12.5 Å². The summed E-state index contributed by atoms with van der Waals surface area (Å²) in [6.07, 6.45) is -5.41. The second kappa shape index (κ2) is 6.01. The standard InChI is InChI=1S/C14H20F3NO2/c1-13(2,3)12(18)8-11(19)9-5-4-6-10(7-9)20-14(15,16)17/h4-7,11-12,19H,8,18H2,1-3H3/t11-,12+/m1/s1. The van der Waals surface area contributed by atoms with Crippen molar-refractivity contribution in [1.29, 1.82) is 0 Å². The molecule has 20 heavy (non-hydrogen) atoms. The van der Waals surface area contributed by atoms with Crippen LogP contribution in [0.25, 0.3) is 0 Å². The summed E-state index contributed by atoms with van der Waals surface area (Å²) in [4.78, 5) is 0. The maximum atomic E-state index is 12.1. The zero-order valence-corrected chi connectivity index (χ0v) is 11.7. The highest BCUT2D eigenvalue weighted by Crippen LogP contribution is 2.29. The zero-order chi connectivity index (χ0) is 15.6. The van der Waals surface area contributed by atoms with Gasteiger partial charge in [-0.3, -0.25) is 0 Å². The normalized spacial score (nSPS) is 15.8. The van der Waals surface area contributed by atoms with Crippen LogP contribution in [0.4, 0.5) is 13.2 Å². The molecule has 1 aromatic carbocycles. The molecule has 3 N–H and O–H groups in total. The molecule has 0 aromatic heterocycles. The second-order valence-corrected chi connectivity index (χ2v) is 5.84. The first-order valence-corrected chi connectivity index (χ1v) is 6.28. The predicted molar refractivity (Wildman–Crippen MR) is 70.1 cm³/mol. The van der Waals surface area contributed by atoms with Crippen LogP contribution >= 0.6 is 0 Å². The van der Waals surface area contributed by atoms with E-state index in [1.54, 1.807) is 6.07 Å². The lowest BCUT2D eigenvalue weighted by atomic mass is 9.83. The Bertz CT molecular complexity index is 441. The van der Waals surface area contributed by atoms with Crippen LogP contribution < -0.4 is 10.5 Å². The average Bonchev–Trinajstić information content (AvgIpc) is 2.25. The van der Waals surface area contributed by atoms with Crippen molar-refractivity contribution in [3.63, 3.8) is 0 Å². The fraction of sp³-hybridized carbons (Fsp3) is 0.571. The van der Waals surface area contributed by atoms with Crippen LogP contribution in [-0.2, 0) is 0 Å². The molecular weight excluding hydrogens is 271 g/mol. The van der Waals surface area contributed by atoms with Crippen molar-refractivity contribution in [1.82, 2.24) is 0 Å². The van der Waals surface area contributed by atoms with Crippen molar-refractivity contribution in [2.45, 2.75) is 45.7 Å². The van der Waals surface area contributed by atoms with Gasteiger partial charge in [-0.2, -0.15) is 0 Å². The van der Waals surface area contributed by atoms with E-state index in [2.05, 4.69) is 4.74 Å². The number of alkyl halides is 3. The molecule has 0 saturated heterocycles. The van der Waals surface area contributed by atoms with Gasteiger partial charge >= 0.3 is 6.36 Å². The molecule has 0 unspecified atom stereocenters. The van der Waals surface area contributed by atoms with Gasteiger partial charge in [0, 0.05) is 6.04 Å². The number of aliphatic hydroxyl groups is 1. The van der Waals surface area contributed by atoms with Gasteiger partial charge in [0.05, 0.1) is 6.10 Å². The Morgan fingerprint density at radius 3 is 2.35 bits per heavy atom. The van der Waals surface area contributed by atoms with Crippen molar-refractivity contribution in [3.8, 4) is 5.75 Å². The van der Waals surface area contributed by atoms with Crippen LogP contribution in [-0.4, -0.2) is 17.5 Å². The third kappa shape index (κ3) is 5.38. The first-order chi connectivity index (χ1) is 8.99. The van der Waals surface area contributed by atoms with Crippen molar-refractivity contribution in [3.05, 3.63) is 29.8 Å². The van der Waals surface area contributed by atoms with E-state index in [-0.39, 0.29) is 23.6 Å². The summed E-state index contributed by atoms with van der Waals surface area (Å²) in [5.74, 6) is -0.349. The number of hydrogen-bond donors (Lipinski definition) is 2. The fourth-order valence-electron chi connectivity index (χ4n) is 1.65. The topological polar surface area (TPSA) is 55.5 Å². The summed E-state index contributed by atoms with van der Waals surface area (Å²) in [6, 6.07) is 5.04. The van der Waals surface area contributed by atoms with E-state index in [9.17, 15) is 18.3 Å². The summed E-state index contributed by atoms with van der Waals surface area (Å²) in [5.41, 5.74) is 6.12. The number of rotatable bonds is 4. The van der Waals surface area contributed by atoms with Gasteiger partial charge in [-0.15, -0.1) is 13.2 Å². The molecule has 0 spiro atoms.